The molecule has 0 saturated carbocycles. The predicted octanol–water partition coefficient (Wildman–Crippen LogP) is 4.16. The van der Waals surface area contributed by atoms with Gasteiger partial charge < -0.3 is 14.7 Å². The van der Waals surface area contributed by atoms with E-state index in [9.17, 15) is 9.59 Å². The number of rotatable bonds is 5. The maximum absolute atomic E-state index is 11.9. The number of hydrogen-bond acceptors (Lipinski definition) is 3. The SMILES string of the molecule is CC(C)C(=O)N1CCN(c2cccc(Cl)c2)CC1.CCN(CC)C(=O)C(C)C. The summed E-state index contributed by atoms with van der Waals surface area (Å²) in [7, 11) is 0. The zero-order valence-electron chi connectivity index (χ0n) is 18.2. The molecule has 2 amide bonds. The summed E-state index contributed by atoms with van der Waals surface area (Å²) in [5.41, 5.74) is 1.14. The van der Waals surface area contributed by atoms with E-state index >= 15 is 0 Å². The molecule has 0 bridgehead atoms. The zero-order chi connectivity index (χ0) is 21.3. The van der Waals surface area contributed by atoms with Crippen molar-refractivity contribution in [3.05, 3.63) is 29.3 Å². The lowest BCUT2D eigenvalue weighted by Gasteiger charge is -2.37. The van der Waals surface area contributed by atoms with E-state index in [0.717, 1.165) is 50.0 Å². The van der Waals surface area contributed by atoms with Gasteiger partial charge in [-0.15, -0.1) is 0 Å². The second-order valence-electron chi connectivity index (χ2n) is 7.61. The molecule has 2 rings (SSSR count). The smallest absolute Gasteiger partial charge is 0.225 e. The van der Waals surface area contributed by atoms with Crippen LogP contribution in [0.1, 0.15) is 41.5 Å². The molecule has 5 nitrogen and oxygen atoms in total. The van der Waals surface area contributed by atoms with Crippen LogP contribution in [0.4, 0.5) is 5.69 Å². The van der Waals surface area contributed by atoms with Gasteiger partial charge in [-0.3, -0.25) is 9.59 Å². The fraction of sp³-hybridized carbons (Fsp3) is 0.636. The number of carbonyl (C=O) groups is 2. The van der Waals surface area contributed by atoms with E-state index in [2.05, 4.69) is 11.0 Å². The van der Waals surface area contributed by atoms with E-state index in [1.54, 1.807) is 0 Å². The van der Waals surface area contributed by atoms with Crippen molar-refractivity contribution in [3.8, 4) is 0 Å². The van der Waals surface area contributed by atoms with Gasteiger partial charge in [-0.1, -0.05) is 45.4 Å². The minimum Gasteiger partial charge on any atom is -0.368 e. The molecule has 0 aliphatic carbocycles. The molecule has 1 fully saturated rings. The number of halogens is 1. The molecule has 28 heavy (non-hydrogen) atoms. The molecule has 1 aromatic rings. The Morgan fingerprint density at radius 1 is 1.00 bits per heavy atom. The van der Waals surface area contributed by atoms with Crippen LogP contribution in [-0.2, 0) is 9.59 Å². The molecule has 1 aliphatic rings. The highest BCUT2D eigenvalue weighted by molar-refractivity contribution is 6.30. The van der Waals surface area contributed by atoms with Crippen LogP contribution in [-0.4, -0.2) is 60.9 Å². The molecular weight excluding hydrogens is 374 g/mol. The summed E-state index contributed by atoms with van der Waals surface area (Å²) in [6.45, 7) is 16.8. The van der Waals surface area contributed by atoms with Crippen LogP contribution < -0.4 is 4.90 Å². The van der Waals surface area contributed by atoms with Crippen molar-refractivity contribution < 1.29 is 9.59 Å². The van der Waals surface area contributed by atoms with E-state index in [1.807, 2.05) is 69.5 Å². The van der Waals surface area contributed by atoms with E-state index in [4.69, 9.17) is 11.6 Å². The summed E-state index contributed by atoms with van der Waals surface area (Å²) in [4.78, 5) is 29.2. The summed E-state index contributed by atoms with van der Waals surface area (Å²) >= 11 is 5.99. The Morgan fingerprint density at radius 3 is 1.96 bits per heavy atom. The summed E-state index contributed by atoms with van der Waals surface area (Å²) < 4.78 is 0. The minimum absolute atomic E-state index is 0.0859. The Labute approximate surface area is 175 Å². The van der Waals surface area contributed by atoms with Gasteiger partial charge >= 0.3 is 0 Å². The lowest BCUT2D eigenvalue weighted by molar-refractivity contribution is -0.135. The number of benzene rings is 1. The second kappa shape index (κ2) is 11.9. The molecule has 0 aromatic heterocycles. The van der Waals surface area contributed by atoms with Gasteiger partial charge in [0.25, 0.3) is 0 Å². The molecule has 0 radical (unpaired) electrons. The van der Waals surface area contributed by atoms with Gasteiger partial charge in [0.1, 0.15) is 0 Å². The Kier molecular flexibility index (Phi) is 10.4. The third-order valence-electron chi connectivity index (χ3n) is 4.83. The molecule has 158 valence electrons. The average Bonchev–Trinajstić information content (AvgIpc) is 2.68. The van der Waals surface area contributed by atoms with Gasteiger partial charge in [0.05, 0.1) is 0 Å². The van der Waals surface area contributed by atoms with Gasteiger partial charge in [0, 0.05) is 61.8 Å². The predicted molar refractivity (Wildman–Crippen MR) is 118 cm³/mol. The summed E-state index contributed by atoms with van der Waals surface area (Å²) in [6.07, 6.45) is 0. The molecule has 1 aromatic carbocycles. The van der Waals surface area contributed by atoms with Crippen LogP contribution in [0.15, 0.2) is 24.3 Å². The number of piperazine rings is 1. The minimum atomic E-state index is 0.0859. The number of anilines is 1. The molecule has 0 N–H and O–H groups in total. The Morgan fingerprint density at radius 2 is 1.57 bits per heavy atom. The molecule has 0 atom stereocenters. The van der Waals surface area contributed by atoms with Gasteiger partial charge in [-0.05, 0) is 32.0 Å². The summed E-state index contributed by atoms with van der Waals surface area (Å²) in [5, 5.41) is 0.758. The fourth-order valence-electron chi connectivity index (χ4n) is 3.12. The van der Waals surface area contributed by atoms with Gasteiger partial charge in [0.15, 0.2) is 0 Å². The standard InChI is InChI=1S/C14H19ClN2O.C8H17NO/c1-11(2)14(18)17-8-6-16(7-9-17)13-5-3-4-12(15)10-13;1-5-9(6-2)8(10)7(3)4/h3-5,10-11H,6-9H2,1-2H3;7H,5-6H2,1-4H3. The van der Waals surface area contributed by atoms with Crippen molar-refractivity contribution in [1.82, 2.24) is 9.80 Å². The highest BCUT2D eigenvalue weighted by Crippen LogP contribution is 2.21. The van der Waals surface area contributed by atoms with Gasteiger partial charge in [-0.25, -0.2) is 0 Å². The molecule has 1 saturated heterocycles. The van der Waals surface area contributed by atoms with Gasteiger partial charge in [0.2, 0.25) is 11.8 Å². The third kappa shape index (κ3) is 7.34. The first kappa shape index (κ1) is 24.3. The van der Waals surface area contributed by atoms with Crippen molar-refractivity contribution >= 4 is 29.1 Å². The van der Waals surface area contributed by atoms with Crippen LogP contribution >= 0.6 is 11.6 Å². The number of amides is 2. The van der Waals surface area contributed by atoms with Crippen LogP contribution in [0, 0.1) is 11.8 Å². The van der Waals surface area contributed by atoms with Crippen molar-refractivity contribution in [2.24, 2.45) is 11.8 Å². The molecule has 0 unspecified atom stereocenters. The fourth-order valence-corrected chi connectivity index (χ4v) is 3.31. The Hall–Kier alpha value is -1.75. The average molecular weight is 410 g/mol. The lowest BCUT2D eigenvalue weighted by atomic mass is 10.1. The largest absolute Gasteiger partial charge is 0.368 e. The van der Waals surface area contributed by atoms with Crippen molar-refractivity contribution in [3.63, 3.8) is 0 Å². The van der Waals surface area contributed by atoms with E-state index in [0.29, 0.717) is 0 Å². The molecular formula is C22H36ClN3O2. The van der Waals surface area contributed by atoms with Crippen LogP contribution in [0.25, 0.3) is 0 Å². The second-order valence-corrected chi connectivity index (χ2v) is 8.05. The third-order valence-corrected chi connectivity index (χ3v) is 5.06. The topological polar surface area (TPSA) is 43.9 Å². The van der Waals surface area contributed by atoms with Crippen LogP contribution in [0.2, 0.25) is 5.02 Å². The highest BCUT2D eigenvalue weighted by atomic mass is 35.5. The molecule has 1 aliphatic heterocycles. The number of hydrogen-bond donors (Lipinski definition) is 0. The van der Waals surface area contributed by atoms with Crippen LogP contribution in [0.3, 0.4) is 0 Å². The molecule has 1 heterocycles. The van der Waals surface area contributed by atoms with E-state index < -0.39 is 0 Å². The highest BCUT2D eigenvalue weighted by Gasteiger charge is 2.22. The quantitative estimate of drug-likeness (QED) is 0.733. The first-order chi connectivity index (χ1) is 13.2. The maximum Gasteiger partial charge on any atom is 0.225 e. The summed E-state index contributed by atoms with van der Waals surface area (Å²) in [6, 6.07) is 7.88. The van der Waals surface area contributed by atoms with E-state index in [-0.39, 0.29) is 23.7 Å². The van der Waals surface area contributed by atoms with Gasteiger partial charge in [-0.2, -0.15) is 0 Å². The number of carbonyl (C=O) groups excluding carboxylic acids is 2. The van der Waals surface area contributed by atoms with Crippen LogP contribution in [0.5, 0.6) is 0 Å². The molecule has 0 spiro atoms. The first-order valence-corrected chi connectivity index (χ1v) is 10.7. The normalized spacial score (nSPS) is 14.0. The van der Waals surface area contributed by atoms with Crippen molar-refractivity contribution in [2.45, 2.75) is 41.5 Å². The van der Waals surface area contributed by atoms with Crippen molar-refractivity contribution in [2.75, 3.05) is 44.2 Å². The number of nitrogens with zero attached hydrogens (tertiary/aromatic N) is 3. The molecule has 6 heteroatoms. The Bertz CT molecular complexity index is 622. The lowest BCUT2D eigenvalue weighted by Crippen LogP contribution is -2.49. The Balaban J connectivity index is 0.000000336. The van der Waals surface area contributed by atoms with E-state index in [1.165, 1.54) is 0 Å². The van der Waals surface area contributed by atoms with Crippen molar-refractivity contribution in [1.29, 1.82) is 0 Å². The zero-order valence-corrected chi connectivity index (χ0v) is 19.0. The monoisotopic (exact) mass is 409 g/mol. The summed E-state index contributed by atoms with van der Waals surface area (Å²) in [5.74, 6) is 0.730. The first-order valence-electron chi connectivity index (χ1n) is 10.3. The maximum atomic E-state index is 11.9.